The van der Waals surface area contributed by atoms with E-state index in [9.17, 15) is 9.59 Å². The number of hydrogen-bond acceptors (Lipinski definition) is 5. The summed E-state index contributed by atoms with van der Waals surface area (Å²) in [4.78, 5) is 22.3. The summed E-state index contributed by atoms with van der Waals surface area (Å²) in [5.41, 5.74) is 0.135. The lowest BCUT2D eigenvalue weighted by atomic mass is 10.00. The Bertz CT molecular complexity index is 547. The first kappa shape index (κ1) is 19.5. The maximum atomic E-state index is 11.2. The minimum atomic E-state index is -0.447. The summed E-state index contributed by atoms with van der Waals surface area (Å²) >= 11 is 0. The summed E-state index contributed by atoms with van der Waals surface area (Å²) < 4.78 is 7.68. The first-order valence-electron chi connectivity index (χ1n) is 8.06. The molecule has 1 heterocycles. The van der Waals surface area contributed by atoms with Crippen molar-refractivity contribution in [2.24, 2.45) is 0 Å². The maximum absolute atomic E-state index is 11.2. The average Bonchev–Trinajstić information content (AvgIpc) is 2.83. The van der Waals surface area contributed by atoms with E-state index in [1.807, 2.05) is 24.7 Å². The zero-order chi connectivity index (χ0) is 17.7. The van der Waals surface area contributed by atoms with Gasteiger partial charge in [-0.15, -0.1) is 5.10 Å². The van der Waals surface area contributed by atoms with Gasteiger partial charge in [0, 0.05) is 25.6 Å². The molecule has 130 valence electrons. The number of nitrogens with zero attached hydrogens (tertiary/aromatic N) is 3. The van der Waals surface area contributed by atoms with Crippen molar-refractivity contribution in [1.29, 1.82) is 0 Å². The van der Waals surface area contributed by atoms with Gasteiger partial charge in [0.25, 0.3) is 0 Å². The van der Waals surface area contributed by atoms with Gasteiger partial charge in [-0.25, -0.2) is 4.68 Å². The molecule has 0 radical (unpaired) electrons. The summed E-state index contributed by atoms with van der Waals surface area (Å²) in [6, 6.07) is 0. The monoisotopic (exact) mass is 323 g/mol. The third kappa shape index (κ3) is 7.03. The maximum Gasteiger partial charge on any atom is 0.132 e. The van der Waals surface area contributed by atoms with Gasteiger partial charge in [-0.1, -0.05) is 5.21 Å². The predicted molar refractivity (Wildman–Crippen MR) is 88.3 cm³/mol. The molecule has 0 aliphatic carbocycles. The lowest BCUT2D eigenvalue weighted by Gasteiger charge is -2.29. The van der Waals surface area contributed by atoms with Crippen molar-refractivity contribution in [2.45, 2.75) is 78.4 Å². The number of carbonyl (C=O) groups is 2. The van der Waals surface area contributed by atoms with Crippen LogP contribution in [0.2, 0.25) is 0 Å². The van der Waals surface area contributed by atoms with Crippen LogP contribution in [0.1, 0.15) is 66.5 Å². The Morgan fingerprint density at radius 3 is 2.39 bits per heavy atom. The van der Waals surface area contributed by atoms with Crippen molar-refractivity contribution in [3.63, 3.8) is 0 Å². The SMILES string of the molecule is CC(=O)CCc1cn(C(C)(C)CCOC(C)(C)CC(C)=O)nn1. The second-order valence-corrected chi connectivity index (χ2v) is 7.41. The van der Waals surface area contributed by atoms with Crippen molar-refractivity contribution < 1.29 is 14.3 Å². The second kappa shape index (κ2) is 7.81. The van der Waals surface area contributed by atoms with Crippen molar-refractivity contribution in [1.82, 2.24) is 15.0 Å². The summed E-state index contributed by atoms with van der Waals surface area (Å²) in [5, 5.41) is 8.30. The zero-order valence-electron chi connectivity index (χ0n) is 15.2. The number of aromatic nitrogens is 3. The third-order valence-corrected chi connectivity index (χ3v) is 3.78. The molecule has 1 rings (SSSR count). The molecule has 0 N–H and O–H groups in total. The summed E-state index contributed by atoms with van der Waals surface area (Å²) in [6.45, 7) is 11.7. The Balaban J connectivity index is 2.55. The molecular weight excluding hydrogens is 294 g/mol. The Morgan fingerprint density at radius 1 is 1.17 bits per heavy atom. The molecule has 0 unspecified atom stereocenters. The van der Waals surface area contributed by atoms with E-state index in [0.717, 1.165) is 12.1 Å². The van der Waals surface area contributed by atoms with Crippen molar-refractivity contribution in [3.05, 3.63) is 11.9 Å². The molecule has 0 atom stereocenters. The van der Waals surface area contributed by atoms with E-state index in [1.165, 1.54) is 0 Å². The standard InChI is InChI=1S/C17H29N3O3/c1-13(21)7-8-15-12-20(19-18-15)16(3,4)9-10-23-17(5,6)11-14(2)22/h12H,7-11H2,1-6H3. The molecular formula is C17H29N3O3. The number of aryl methyl sites for hydroxylation is 1. The first-order valence-corrected chi connectivity index (χ1v) is 8.06. The van der Waals surface area contributed by atoms with Crippen LogP contribution in [-0.4, -0.2) is 38.8 Å². The minimum absolute atomic E-state index is 0.126. The lowest BCUT2D eigenvalue weighted by molar-refractivity contribution is -0.123. The van der Waals surface area contributed by atoms with E-state index < -0.39 is 5.60 Å². The highest BCUT2D eigenvalue weighted by Crippen LogP contribution is 2.22. The fourth-order valence-corrected chi connectivity index (χ4v) is 2.36. The molecule has 0 fully saturated rings. The zero-order valence-corrected chi connectivity index (χ0v) is 15.2. The van der Waals surface area contributed by atoms with E-state index in [-0.39, 0.29) is 17.1 Å². The normalized spacial score (nSPS) is 12.4. The van der Waals surface area contributed by atoms with Crippen LogP contribution in [-0.2, 0) is 26.3 Å². The van der Waals surface area contributed by atoms with E-state index in [0.29, 0.717) is 25.9 Å². The number of Topliss-reactive ketones (excluding diaryl/α,β-unsaturated/α-hetero) is 2. The topological polar surface area (TPSA) is 74.1 Å². The van der Waals surface area contributed by atoms with Gasteiger partial charge < -0.3 is 9.53 Å². The molecule has 1 aromatic heterocycles. The van der Waals surface area contributed by atoms with Crippen molar-refractivity contribution in [3.8, 4) is 0 Å². The molecule has 23 heavy (non-hydrogen) atoms. The molecule has 0 saturated heterocycles. The van der Waals surface area contributed by atoms with Crippen LogP contribution in [0.4, 0.5) is 0 Å². The molecule has 1 aromatic rings. The van der Waals surface area contributed by atoms with Crippen LogP contribution in [0.3, 0.4) is 0 Å². The van der Waals surface area contributed by atoms with Crippen LogP contribution >= 0.6 is 0 Å². The predicted octanol–water partition coefficient (Wildman–Crippen LogP) is 2.70. The smallest absolute Gasteiger partial charge is 0.132 e. The van der Waals surface area contributed by atoms with Gasteiger partial charge in [0.1, 0.15) is 11.6 Å². The van der Waals surface area contributed by atoms with Crippen LogP contribution in [0.25, 0.3) is 0 Å². The van der Waals surface area contributed by atoms with Gasteiger partial charge in [0.2, 0.25) is 0 Å². The van der Waals surface area contributed by atoms with Crippen molar-refractivity contribution in [2.75, 3.05) is 6.61 Å². The minimum Gasteiger partial charge on any atom is -0.375 e. The number of ether oxygens (including phenoxy) is 1. The average molecular weight is 323 g/mol. The molecule has 0 aliphatic heterocycles. The van der Waals surface area contributed by atoms with Gasteiger partial charge in [-0.2, -0.15) is 0 Å². The van der Waals surface area contributed by atoms with Crippen LogP contribution < -0.4 is 0 Å². The highest BCUT2D eigenvalue weighted by Gasteiger charge is 2.25. The molecule has 0 spiro atoms. The van der Waals surface area contributed by atoms with E-state index in [1.54, 1.807) is 13.8 Å². The first-order chi connectivity index (χ1) is 10.5. The number of hydrogen-bond donors (Lipinski definition) is 0. The van der Waals surface area contributed by atoms with E-state index in [4.69, 9.17) is 4.74 Å². The number of rotatable bonds is 10. The third-order valence-electron chi connectivity index (χ3n) is 3.78. The van der Waals surface area contributed by atoms with E-state index in [2.05, 4.69) is 24.2 Å². The van der Waals surface area contributed by atoms with Gasteiger partial charge >= 0.3 is 0 Å². The van der Waals surface area contributed by atoms with Crippen molar-refractivity contribution >= 4 is 11.6 Å². The lowest BCUT2D eigenvalue weighted by Crippen LogP contribution is -2.33. The largest absolute Gasteiger partial charge is 0.375 e. The van der Waals surface area contributed by atoms with Gasteiger partial charge in [0.05, 0.1) is 16.8 Å². The molecule has 0 aliphatic rings. The Hall–Kier alpha value is -1.56. The fourth-order valence-electron chi connectivity index (χ4n) is 2.36. The summed E-state index contributed by atoms with van der Waals surface area (Å²) in [5.74, 6) is 0.278. The second-order valence-electron chi connectivity index (χ2n) is 7.41. The Kier molecular flexibility index (Phi) is 6.62. The number of carbonyl (C=O) groups excluding carboxylic acids is 2. The Morgan fingerprint density at radius 2 is 1.83 bits per heavy atom. The highest BCUT2D eigenvalue weighted by atomic mass is 16.5. The van der Waals surface area contributed by atoms with Gasteiger partial charge in [0.15, 0.2) is 0 Å². The molecule has 0 bridgehead atoms. The van der Waals surface area contributed by atoms with Crippen LogP contribution in [0, 0.1) is 0 Å². The molecule has 0 amide bonds. The van der Waals surface area contributed by atoms with Crippen LogP contribution in [0.15, 0.2) is 6.20 Å². The van der Waals surface area contributed by atoms with E-state index >= 15 is 0 Å². The van der Waals surface area contributed by atoms with Crippen LogP contribution in [0.5, 0.6) is 0 Å². The summed E-state index contributed by atoms with van der Waals surface area (Å²) in [6.07, 6.45) is 4.16. The highest BCUT2D eigenvalue weighted by molar-refractivity contribution is 5.76. The molecule has 6 heteroatoms. The number of ketones is 2. The molecule has 0 saturated carbocycles. The Labute approximate surface area is 138 Å². The fraction of sp³-hybridized carbons (Fsp3) is 0.765. The molecule has 0 aromatic carbocycles. The summed E-state index contributed by atoms with van der Waals surface area (Å²) in [7, 11) is 0. The van der Waals surface area contributed by atoms with Gasteiger partial charge in [-0.05, 0) is 54.4 Å². The van der Waals surface area contributed by atoms with Gasteiger partial charge in [-0.3, -0.25) is 4.79 Å². The quantitative estimate of drug-likeness (QED) is 0.662. The molecule has 6 nitrogen and oxygen atoms in total.